The lowest BCUT2D eigenvalue weighted by Crippen LogP contribution is -2.19. The number of rotatable bonds is 2. The maximum Gasteiger partial charge on any atom is 0.254 e. The topological polar surface area (TPSA) is 64.0 Å². The van der Waals surface area contributed by atoms with E-state index in [9.17, 15) is 9.59 Å². The molecule has 5 heteroatoms. The lowest BCUT2D eigenvalue weighted by molar-refractivity contribution is -0.124. The van der Waals surface area contributed by atoms with Crippen LogP contribution in [0.1, 0.15) is 31.9 Å². The molecule has 0 aliphatic carbocycles. The third-order valence-electron chi connectivity index (χ3n) is 2.39. The maximum absolute atomic E-state index is 11.3. The SMILES string of the molecule is CC(C)n1cc(/C=C2/CC(=O)NC2=O)cn1. The molecule has 1 aliphatic heterocycles. The molecule has 0 spiro atoms. The fraction of sp³-hybridized carbons (Fsp3) is 0.364. The monoisotopic (exact) mass is 219 g/mol. The average molecular weight is 219 g/mol. The van der Waals surface area contributed by atoms with E-state index in [-0.39, 0.29) is 24.3 Å². The van der Waals surface area contributed by atoms with Crippen molar-refractivity contribution in [2.75, 3.05) is 0 Å². The molecule has 1 saturated heterocycles. The number of carbonyl (C=O) groups excluding carboxylic acids is 2. The summed E-state index contributed by atoms with van der Waals surface area (Å²) in [7, 11) is 0. The summed E-state index contributed by atoms with van der Waals surface area (Å²) in [6, 6.07) is 0.284. The van der Waals surface area contributed by atoms with Crippen molar-refractivity contribution in [1.82, 2.24) is 15.1 Å². The van der Waals surface area contributed by atoms with Gasteiger partial charge in [-0.3, -0.25) is 19.6 Å². The predicted octanol–water partition coefficient (Wildman–Crippen LogP) is 0.894. The van der Waals surface area contributed by atoms with E-state index in [1.807, 2.05) is 20.0 Å². The van der Waals surface area contributed by atoms with Crippen molar-refractivity contribution in [2.24, 2.45) is 0 Å². The Morgan fingerprint density at radius 1 is 1.50 bits per heavy atom. The molecular formula is C11H13N3O2. The first-order chi connectivity index (χ1) is 7.56. The molecule has 1 N–H and O–H groups in total. The zero-order chi connectivity index (χ0) is 11.7. The highest BCUT2D eigenvalue weighted by Gasteiger charge is 2.23. The van der Waals surface area contributed by atoms with Crippen molar-refractivity contribution >= 4 is 17.9 Å². The van der Waals surface area contributed by atoms with Crippen LogP contribution in [0.3, 0.4) is 0 Å². The molecule has 0 radical (unpaired) electrons. The zero-order valence-corrected chi connectivity index (χ0v) is 9.23. The Kier molecular flexibility index (Phi) is 2.60. The van der Waals surface area contributed by atoms with E-state index in [1.54, 1.807) is 17.0 Å². The predicted molar refractivity (Wildman–Crippen MR) is 58.4 cm³/mol. The van der Waals surface area contributed by atoms with E-state index in [2.05, 4.69) is 10.4 Å². The highest BCUT2D eigenvalue weighted by Crippen LogP contribution is 2.15. The van der Waals surface area contributed by atoms with Gasteiger partial charge < -0.3 is 0 Å². The van der Waals surface area contributed by atoms with Gasteiger partial charge in [0.2, 0.25) is 5.91 Å². The third-order valence-corrected chi connectivity index (χ3v) is 2.39. The highest BCUT2D eigenvalue weighted by molar-refractivity contribution is 6.15. The summed E-state index contributed by atoms with van der Waals surface area (Å²) < 4.78 is 1.81. The van der Waals surface area contributed by atoms with E-state index >= 15 is 0 Å². The van der Waals surface area contributed by atoms with Gasteiger partial charge in [-0.15, -0.1) is 0 Å². The highest BCUT2D eigenvalue weighted by atomic mass is 16.2. The molecule has 1 aliphatic rings. The Morgan fingerprint density at radius 2 is 2.25 bits per heavy atom. The number of hydrogen-bond acceptors (Lipinski definition) is 3. The number of nitrogens with one attached hydrogen (secondary N) is 1. The molecule has 1 fully saturated rings. The van der Waals surface area contributed by atoms with Crippen LogP contribution in [0.4, 0.5) is 0 Å². The van der Waals surface area contributed by atoms with Gasteiger partial charge in [0.05, 0.1) is 12.6 Å². The van der Waals surface area contributed by atoms with Gasteiger partial charge in [0.1, 0.15) is 0 Å². The van der Waals surface area contributed by atoms with Gasteiger partial charge in [0.15, 0.2) is 0 Å². The van der Waals surface area contributed by atoms with Gasteiger partial charge in [-0.25, -0.2) is 0 Å². The van der Waals surface area contributed by atoms with Crippen LogP contribution in [0.5, 0.6) is 0 Å². The summed E-state index contributed by atoms with van der Waals surface area (Å²) in [4.78, 5) is 22.3. The minimum Gasteiger partial charge on any atom is -0.292 e. The van der Waals surface area contributed by atoms with Crippen molar-refractivity contribution in [3.63, 3.8) is 0 Å². The van der Waals surface area contributed by atoms with Crippen LogP contribution in [0, 0.1) is 0 Å². The van der Waals surface area contributed by atoms with Crippen molar-refractivity contribution in [2.45, 2.75) is 26.3 Å². The first-order valence-corrected chi connectivity index (χ1v) is 5.15. The van der Waals surface area contributed by atoms with Crippen molar-refractivity contribution in [1.29, 1.82) is 0 Å². The van der Waals surface area contributed by atoms with E-state index in [4.69, 9.17) is 0 Å². The molecule has 1 aromatic heterocycles. The minimum absolute atomic E-state index is 0.158. The first-order valence-electron chi connectivity index (χ1n) is 5.15. The van der Waals surface area contributed by atoms with Crippen LogP contribution < -0.4 is 5.32 Å². The van der Waals surface area contributed by atoms with E-state index in [0.29, 0.717) is 5.57 Å². The van der Waals surface area contributed by atoms with Crippen LogP contribution >= 0.6 is 0 Å². The van der Waals surface area contributed by atoms with Gasteiger partial charge in [-0.1, -0.05) is 0 Å². The Morgan fingerprint density at radius 3 is 2.75 bits per heavy atom. The summed E-state index contributed by atoms with van der Waals surface area (Å²) in [5.41, 5.74) is 1.34. The summed E-state index contributed by atoms with van der Waals surface area (Å²) in [5, 5.41) is 6.40. The molecule has 2 rings (SSSR count). The molecule has 2 heterocycles. The van der Waals surface area contributed by atoms with Gasteiger partial charge in [-0.2, -0.15) is 5.10 Å². The molecule has 0 aromatic carbocycles. The molecule has 0 saturated carbocycles. The van der Waals surface area contributed by atoms with Crippen molar-refractivity contribution in [3.05, 3.63) is 23.5 Å². The smallest absolute Gasteiger partial charge is 0.254 e. The number of amides is 2. The van der Waals surface area contributed by atoms with Crippen molar-refractivity contribution < 1.29 is 9.59 Å². The molecule has 16 heavy (non-hydrogen) atoms. The Labute approximate surface area is 93.1 Å². The summed E-state index contributed by atoms with van der Waals surface area (Å²) in [5.74, 6) is -0.546. The lowest BCUT2D eigenvalue weighted by Gasteiger charge is -2.02. The first kappa shape index (κ1) is 10.6. The molecule has 0 unspecified atom stereocenters. The quantitative estimate of drug-likeness (QED) is 0.593. The van der Waals surface area contributed by atoms with Crippen LogP contribution in [0.25, 0.3) is 6.08 Å². The third kappa shape index (κ3) is 2.03. The van der Waals surface area contributed by atoms with E-state index in [1.165, 1.54) is 0 Å². The number of carbonyl (C=O) groups is 2. The second-order valence-electron chi connectivity index (χ2n) is 4.07. The number of aromatic nitrogens is 2. The fourth-order valence-electron chi connectivity index (χ4n) is 1.53. The number of hydrogen-bond donors (Lipinski definition) is 1. The summed E-state index contributed by atoms with van der Waals surface area (Å²) in [6.45, 7) is 4.05. The Hall–Kier alpha value is -1.91. The Balaban J connectivity index is 2.22. The second kappa shape index (κ2) is 3.92. The normalized spacial score (nSPS) is 18.6. The average Bonchev–Trinajstić information content (AvgIpc) is 2.75. The molecular weight excluding hydrogens is 206 g/mol. The zero-order valence-electron chi connectivity index (χ0n) is 9.23. The Bertz CT molecular complexity index is 471. The van der Waals surface area contributed by atoms with Crippen LogP contribution in [0.15, 0.2) is 18.0 Å². The minimum atomic E-state index is -0.303. The molecule has 84 valence electrons. The van der Waals surface area contributed by atoms with Gasteiger partial charge in [-0.05, 0) is 19.9 Å². The van der Waals surface area contributed by atoms with Crippen LogP contribution in [-0.2, 0) is 9.59 Å². The lowest BCUT2D eigenvalue weighted by atomic mass is 10.1. The standard InChI is InChI=1S/C11H13N3O2/c1-7(2)14-6-8(5-12-14)3-9-4-10(15)13-11(9)16/h3,5-7H,4H2,1-2H3,(H,13,15,16)/b9-3-. The summed E-state index contributed by atoms with van der Waals surface area (Å²) in [6.07, 6.45) is 5.40. The van der Waals surface area contributed by atoms with Crippen LogP contribution in [0.2, 0.25) is 0 Å². The molecule has 0 bridgehead atoms. The summed E-state index contributed by atoms with van der Waals surface area (Å²) >= 11 is 0. The van der Waals surface area contributed by atoms with E-state index in [0.717, 1.165) is 5.56 Å². The number of imide groups is 1. The molecule has 2 amide bonds. The van der Waals surface area contributed by atoms with Crippen molar-refractivity contribution in [3.8, 4) is 0 Å². The molecule has 0 atom stereocenters. The second-order valence-corrected chi connectivity index (χ2v) is 4.07. The van der Waals surface area contributed by atoms with Gasteiger partial charge in [0, 0.05) is 23.4 Å². The van der Waals surface area contributed by atoms with Crippen LogP contribution in [-0.4, -0.2) is 21.6 Å². The molecule has 5 nitrogen and oxygen atoms in total. The maximum atomic E-state index is 11.3. The largest absolute Gasteiger partial charge is 0.292 e. The van der Waals surface area contributed by atoms with Gasteiger partial charge in [0.25, 0.3) is 5.91 Å². The number of nitrogens with zero attached hydrogens (tertiary/aromatic N) is 2. The van der Waals surface area contributed by atoms with Gasteiger partial charge >= 0.3 is 0 Å². The van der Waals surface area contributed by atoms with E-state index < -0.39 is 0 Å². The fourth-order valence-corrected chi connectivity index (χ4v) is 1.53. The molecule has 1 aromatic rings.